The Balaban J connectivity index is 1.63. The quantitative estimate of drug-likeness (QED) is 0.526. The van der Waals surface area contributed by atoms with Crippen molar-refractivity contribution in [1.82, 2.24) is 14.9 Å². The molecular weight excluding hydrogens is 435 g/mol. The Bertz CT molecular complexity index is 1040. The van der Waals surface area contributed by atoms with Crippen molar-refractivity contribution in [3.8, 4) is 0 Å². The molecule has 1 aromatic carbocycles. The van der Waals surface area contributed by atoms with Gasteiger partial charge in [-0.25, -0.2) is 4.98 Å². The molecule has 1 amide bonds. The number of benzene rings is 1. The molecule has 0 radical (unpaired) electrons. The third-order valence-corrected chi connectivity index (χ3v) is 5.49. The number of pyridine rings is 2. The summed E-state index contributed by atoms with van der Waals surface area (Å²) >= 11 is 3.39. The van der Waals surface area contributed by atoms with E-state index in [1.165, 1.54) is 12.1 Å². The predicted molar refractivity (Wildman–Crippen MR) is 102 cm³/mol. The molecule has 0 aliphatic carbocycles. The number of halogens is 4. The fraction of sp³-hybridized carbons (Fsp3) is 0.250. The molecule has 4 rings (SSSR count). The Labute approximate surface area is 167 Å². The van der Waals surface area contributed by atoms with Crippen molar-refractivity contribution < 1.29 is 18.0 Å². The van der Waals surface area contributed by atoms with Crippen molar-refractivity contribution in [2.45, 2.75) is 25.1 Å². The van der Waals surface area contributed by atoms with Gasteiger partial charge in [-0.2, -0.15) is 13.2 Å². The highest BCUT2D eigenvalue weighted by Crippen LogP contribution is 2.35. The summed E-state index contributed by atoms with van der Waals surface area (Å²) in [6, 6.07) is 8.22. The summed E-state index contributed by atoms with van der Waals surface area (Å²) in [6.45, 7) is 0.543. The summed E-state index contributed by atoms with van der Waals surface area (Å²) in [5.41, 5.74) is 0.955. The number of aromatic nitrogens is 2. The van der Waals surface area contributed by atoms with Crippen LogP contribution in [0.4, 0.5) is 13.2 Å². The van der Waals surface area contributed by atoms with Gasteiger partial charge in [0, 0.05) is 24.3 Å². The zero-order chi connectivity index (χ0) is 19.9. The van der Waals surface area contributed by atoms with Gasteiger partial charge in [-0.1, -0.05) is 12.1 Å². The number of carbonyl (C=O) groups is 1. The van der Waals surface area contributed by atoms with Crippen molar-refractivity contribution in [2.24, 2.45) is 0 Å². The van der Waals surface area contributed by atoms with Crippen molar-refractivity contribution >= 4 is 32.7 Å². The molecule has 144 valence electrons. The van der Waals surface area contributed by atoms with Crippen LogP contribution in [-0.4, -0.2) is 27.3 Å². The molecule has 0 saturated carbocycles. The fourth-order valence-electron chi connectivity index (χ4n) is 3.53. The highest BCUT2D eigenvalue weighted by molar-refractivity contribution is 9.10. The van der Waals surface area contributed by atoms with Gasteiger partial charge in [0.2, 0.25) is 0 Å². The van der Waals surface area contributed by atoms with Crippen LogP contribution < -0.4 is 0 Å². The SMILES string of the molecule is O=C(c1ccc2cncc(Br)c2n1)N1CCCC1c1ccc(C(F)(F)F)cc1. The average Bonchev–Trinajstić information content (AvgIpc) is 3.17. The second-order valence-electron chi connectivity index (χ2n) is 6.67. The van der Waals surface area contributed by atoms with Gasteiger partial charge in [-0.05, 0) is 58.6 Å². The molecule has 1 saturated heterocycles. The number of nitrogens with zero attached hydrogens (tertiary/aromatic N) is 3. The van der Waals surface area contributed by atoms with E-state index in [2.05, 4.69) is 25.9 Å². The monoisotopic (exact) mass is 449 g/mol. The van der Waals surface area contributed by atoms with Crippen LogP contribution in [0.5, 0.6) is 0 Å². The molecule has 0 spiro atoms. The van der Waals surface area contributed by atoms with Crippen LogP contribution in [-0.2, 0) is 6.18 Å². The normalized spacial score (nSPS) is 17.3. The molecule has 3 aromatic rings. The number of hydrogen-bond donors (Lipinski definition) is 0. The van der Waals surface area contributed by atoms with Gasteiger partial charge in [0.05, 0.1) is 21.6 Å². The van der Waals surface area contributed by atoms with E-state index in [-0.39, 0.29) is 11.9 Å². The number of alkyl halides is 3. The Morgan fingerprint density at radius 3 is 2.57 bits per heavy atom. The standard InChI is InChI=1S/C20H15BrF3N3O/c21-15-11-25-10-13-5-8-16(26-18(13)15)19(28)27-9-1-2-17(27)12-3-6-14(7-4-12)20(22,23)24/h3-8,10-11,17H,1-2,9H2. The Morgan fingerprint density at radius 2 is 1.86 bits per heavy atom. The summed E-state index contributed by atoms with van der Waals surface area (Å²) in [5, 5.41) is 0.812. The number of fused-ring (bicyclic) bond motifs is 1. The number of hydrogen-bond acceptors (Lipinski definition) is 3. The smallest absolute Gasteiger partial charge is 0.330 e. The van der Waals surface area contributed by atoms with E-state index in [1.807, 2.05) is 0 Å². The predicted octanol–water partition coefficient (Wildman–Crippen LogP) is 5.39. The summed E-state index contributed by atoms with van der Waals surface area (Å²) in [7, 11) is 0. The molecule has 0 bridgehead atoms. The third-order valence-electron chi connectivity index (χ3n) is 4.91. The van der Waals surface area contributed by atoms with Gasteiger partial charge in [0.15, 0.2) is 0 Å². The number of amides is 1. The van der Waals surface area contributed by atoms with Crippen LogP contribution in [0.2, 0.25) is 0 Å². The molecule has 28 heavy (non-hydrogen) atoms. The number of carbonyl (C=O) groups excluding carboxylic acids is 1. The van der Waals surface area contributed by atoms with E-state index in [4.69, 9.17) is 0 Å². The molecule has 1 aliphatic rings. The molecule has 1 atom stereocenters. The molecule has 8 heteroatoms. The highest BCUT2D eigenvalue weighted by atomic mass is 79.9. The van der Waals surface area contributed by atoms with Gasteiger partial charge < -0.3 is 4.90 Å². The van der Waals surface area contributed by atoms with Crippen LogP contribution >= 0.6 is 15.9 Å². The maximum atomic E-state index is 13.1. The Morgan fingerprint density at radius 1 is 1.11 bits per heavy atom. The Kier molecular flexibility index (Phi) is 4.82. The number of likely N-dealkylation sites (tertiary alicyclic amines) is 1. The molecule has 2 aromatic heterocycles. The maximum absolute atomic E-state index is 13.1. The van der Waals surface area contributed by atoms with Crippen molar-refractivity contribution in [3.05, 3.63) is 70.1 Å². The molecule has 3 heterocycles. The minimum absolute atomic E-state index is 0.229. The topological polar surface area (TPSA) is 46.1 Å². The summed E-state index contributed by atoms with van der Waals surface area (Å²) in [4.78, 5) is 23.3. The maximum Gasteiger partial charge on any atom is 0.416 e. The molecule has 1 unspecified atom stereocenters. The molecular formula is C20H15BrF3N3O. The van der Waals surface area contributed by atoms with Crippen LogP contribution in [0.25, 0.3) is 10.9 Å². The van der Waals surface area contributed by atoms with Gasteiger partial charge in [0.1, 0.15) is 5.69 Å². The lowest BCUT2D eigenvalue weighted by Gasteiger charge is -2.25. The minimum atomic E-state index is -4.37. The number of rotatable bonds is 2. The Hall–Kier alpha value is -2.48. The zero-order valence-electron chi connectivity index (χ0n) is 14.6. The molecule has 0 N–H and O–H groups in total. The van der Waals surface area contributed by atoms with Gasteiger partial charge in [-0.15, -0.1) is 0 Å². The second kappa shape index (κ2) is 7.16. The second-order valence-corrected chi connectivity index (χ2v) is 7.52. The van der Waals surface area contributed by atoms with Crippen molar-refractivity contribution in [2.75, 3.05) is 6.54 Å². The van der Waals surface area contributed by atoms with E-state index in [0.717, 1.165) is 23.9 Å². The van der Waals surface area contributed by atoms with Crippen molar-refractivity contribution in [3.63, 3.8) is 0 Å². The summed E-state index contributed by atoms with van der Waals surface area (Å²) in [6.07, 6.45) is 0.407. The van der Waals surface area contributed by atoms with E-state index in [1.54, 1.807) is 29.4 Å². The first-order valence-corrected chi connectivity index (χ1v) is 9.52. The summed E-state index contributed by atoms with van der Waals surface area (Å²) in [5.74, 6) is -0.229. The minimum Gasteiger partial charge on any atom is -0.330 e. The molecule has 1 aliphatic heterocycles. The van der Waals surface area contributed by atoms with Gasteiger partial charge >= 0.3 is 6.18 Å². The molecule has 4 nitrogen and oxygen atoms in total. The first kappa shape index (κ1) is 18.9. The van der Waals surface area contributed by atoms with Crippen LogP contribution in [0.1, 0.15) is 40.5 Å². The van der Waals surface area contributed by atoms with E-state index in [9.17, 15) is 18.0 Å². The van der Waals surface area contributed by atoms with E-state index < -0.39 is 11.7 Å². The largest absolute Gasteiger partial charge is 0.416 e. The zero-order valence-corrected chi connectivity index (χ0v) is 16.2. The highest BCUT2D eigenvalue weighted by Gasteiger charge is 2.33. The fourth-order valence-corrected chi connectivity index (χ4v) is 3.96. The van der Waals surface area contributed by atoms with E-state index in [0.29, 0.717) is 34.2 Å². The van der Waals surface area contributed by atoms with Gasteiger partial charge in [0.25, 0.3) is 5.91 Å². The third kappa shape index (κ3) is 3.48. The average molecular weight is 450 g/mol. The lowest BCUT2D eigenvalue weighted by atomic mass is 10.0. The van der Waals surface area contributed by atoms with Crippen LogP contribution in [0.3, 0.4) is 0 Å². The first-order valence-electron chi connectivity index (χ1n) is 8.73. The van der Waals surface area contributed by atoms with E-state index >= 15 is 0 Å². The summed E-state index contributed by atoms with van der Waals surface area (Å²) < 4.78 is 39.1. The van der Waals surface area contributed by atoms with Crippen LogP contribution in [0.15, 0.2) is 53.3 Å². The molecule has 1 fully saturated rings. The van der Waals surface area contributed by atoms with Crippen molar-refractivity contribution in [1.29, 1.82) is 0 Å². The first-order chi connectivity index (χ1) is 13.3. The lowest BCUT2D eigenvalue weighted by Crippen LogP contribution is -2.31. The van der Waals surface area contributed by atoms with Crippen LogP contribution in [0, 0.1) is 0 Å². The van der Waals surface area contributed by atoms with Gasteiger partial charge in [-0.3, -0.25) is 9.78 Å². The lowest BCUT2D eigenvalue weighted by molar-refractivity contribution is -0.137.